The van der Waals surface area contributed by atoms with Gasteiger partial charge in [0.25, 0.3) is 0 Å². The van der Waals surface area contributed by atoms with Gasteiger partial charge in [-0.2, -0.15) is 0 Å². The first-order chi connectivity index (χ1) is 10.5. The Hall–Kier alpha value is -2.37. The van der Waals surface area contributed by atoms with Crippen LogP contribution in [-0.4, -0.2) is 22.2 Å². The minimum atomic E-state index is -1.69. The number of carbonyl (C=O) groups is 2. The van der Waals surface area contributed by atoms with E-state index in [4.69, 9.17) is 11.8 Å². The Morgan fingerprint density at radius 2 is 1.59 bits per heavy atom. The van der Waals surface area contributed by atoms with E-state index < -0.39 is 18.0 Å². The van der Waals surface area contributed by atoms with Crippen molar-refractivity contribution >= 4 is 45.7 Å². The van der Waals surface area contributed by atoms with E-state index in [9.17, 15) is 19.8 Å². The van der Waals surface area contributed by atoms with Crippen LogP contribution in [0.5, 0.6) is 11.5 Å². The van der Waals surface area contributed by atoms with Crippen molar-refractivity contribution in [1.82, 2.24) is 0 Å². The maximum absolute atomic E-state index is 11.8. The lowest BCUT2D eigenvalue weighted by molar-refractivity contribution is -0.187. The Morgan fingerprint density at radius 1 is 1.00 bits per heavy atom. The fourth-order valence-corrected chi connectivity index (χ4v) is 6.82. The number of aromatic hydroxyl groups is 2. The highest BCUT2D eigenvalue weighted by Gasteiger charge is 2.64. The van der Waals surface area contributed by atoms with Crippen LogP contribution in [0.3, 0.4) is 0 Å². The van der Waals surface area contributed by atoms with Crippen LogP contribution < -0.4 is 15.9 Å². The van der Waals surface area contributed by atoms with Gasteiger partial charge in [0.1, 0.15) is 22.6 Å². The van der Waals surface area contributed by atoms with Gasteiger partial charge in [-0.15, -0.1) is 0 Å². The van der Waals surface area contributed by atoms with E-state index in [1.807, 2.05) is 0 Å². The zero-order valence-corrected chi connectivity index (χ0v) is 12.5. The van der Waals surface area contributed by atoms with Gasteiger partial charge in [0.2, 0.25) is 0 Å². The molecule has 3 heterocycles. The third-order valence-electron chi connectivity index (χ3n) is 3.63. The molecule has 22 heavy (non-hydrogen) atoms. The van der Waals surface area contributed by atoms with Crippen molar-refractivity contribution in [2.75, 3.05) is 0 Å². The number of hydrogen-bond donors (Lipinski definition) is 2. The van der Waals surface area contributed by atoms with E-state index in [-0.39, 0.29) is 22.6 Å². The largest absolute Gasteiger partial charge is 0.507 e. The van der Waals surface area contributed by atoms with Gasteiger partial charge >= 0.3 is 11.9 Å². The van der Waals surface area contributed by atoms with E-state index in [1.54, 1.807) is 0 Å². The summed E-state index contributed by atoms with van der Waals surface area (Å²) in [7, 11) is 0. The molecule has 0 aliphatic carbocycles. The van der Waals surface area contributed by atoms with Crippen LogP contribution in [0.25, 0.3) is 0 Å². The number of benzene rings is 2. The summed E-state index contributed by atoms with van der Waals surface area (Å²) in [4.78, 5) is 32.4. The van der Waals surface area contributed by atoms with Gasteiger partial charge < -0.3 is 10.2 Å². The highest BCUT2D eigenvalue weighted by molar-refractivity contribution is 8.38. The second-order valence-corrected chi connectivity index (χ2v) is 9.10. The first-order valence-corrected chi connectivity index (χ1v) is 8.99. The highest BCUT2D eigenvalue weighted by atomic mass is 32.4. The predicted molar refractivity (Wildman–Crippen MR) is 80.2 cm³/mol. The first-order valence-electron chi connectivity index (χ1n) is 6.19. The molecule has 2 aromatic carbocycles. The second-order valence-electron chi connectivity index (χ2n) is 4.86. The minimum absolute atomic E-state index is 0.0724. The number of phenolic OH excluding ortho intramolecular Hbond substituents is 2. The minimum Gasteiger partial charge on any atom is -0.507 e. The fraction of sp³-hybridized carbons (Fsp3) is 0. The molecule has 3 aliphatic rings. The maximum atomic E-state index is 11.8. The van der Waals surface area contributed by atoms with E-state index in [0.717, 1.165) is 10.6 Å². The third-order valence-corrected chi connectivity index (χ3v) is 8.06. The average Bonchev–Trinajstić information content (AvgIpc) is 3.32. The molecular weight excluding hydrogens is 327 g/mol. The predicted octanol–water partition coefficient (Wildman–Crippen LogP) is 0.409. The summed E-state index contributed by atoms with van der Waals surface area (Å²) in [5, 5.41) is 22.0. The van der Waals surface area contributed by atoms with Gasteiger partial charge in [0.05, 0.1) is 0 Å². The van der Waals surface area contributed by atoms with Gasteiger partial charge in [-0.1, -0.05) is 23.9 Å². The quantitative estimate of drug-likeness (QED) is 0.311. The summed E-state index contributed by atoms with van der Waals surface area (Å²) >= 11 is 5.32. The van der Waals surface area contributed by atoms with Crippen LogP contribution in [0, 0.1) is 0 Å². The molecule has 6 nitrogen and oxygen atoms in total. The number of hydrogen-bond acceptors (Lipinski definition) is 7. The first kappa shape index (κ1) is 13.3. The number of phenols is 2. The van der Waals surface area contributed by atoms with Crippen molar-refractivity contribution in [2.45, 2.75) is 0 Å². The van der Waals surface area contributed by atoms with Crippen molar-refractivity contribution in [3.05, 3.63) is 41.5 Å². The van der Waals surface area contributed by atoms with Crippen LogP contribution in [0.15, 0.2) is 30.3 Å². The number of rotatable bonds is 2. The van der Waals surface area contributed by atoms with Gasteiger partial charge in [-0.3, -0.25) is 0 Å². The zero-order chi connectivity index (χ0) is 15.6. The van der Waals surface area contributed by atoms with Crippen LogP contribution >= 0.6 is 6.04 Å². The van der Waals surface area contributed by atoms with Crippen LogP contribution in [-0.2, 0) is 21.6 Å². The molecule has 110 valence electrons. The molecule has 0 radical (unpaired) electrons. The van der Waals surface area contributed by atoms with Crippen molar-refractivity contribution in [1.29, 1.82) is 0 Å². The lowest BCUT2D eigenvalue weighted by Gasteiger charge is -2.07. The lowest BCUT2D eigenvalue weighted by atomic mass is 10.2. The third kappa shape index (κ3) is 1.58. The van der Waals surface area contributed by atoms with Gasteiger partial charge in [0.15, 0.2) is 0 Å². The molecule has 1 atom stereocenters. The molecule has 1 unspecified atom stereocenters. The SMILES string of the molecule is O=C(OOC(=O)c1cc2c3c(c1O)P23=S)c1ccccc1O. The Labute approximate surface area is 128 Å². The molecule has 0 saturated heterocycles. The Morgan fingerprint density at radius 3 is 2.18 bits per heavy atom. The maximum Gasteiger partial charge on any atom is 0.390 e. The molecule has 3 aliphatic heterocycles. The van der Waals surface area contributed by atoms with Crippen LogP contribution in [0.2, 0.25) is 0 Å². The molecule has 0 amide bonds. The Bertz CT molecular complexity index is 935. The zero-order valence-electron chi connectivity index (χ0n) is 10.8. The van der Waals surface area contributed by atoms with E-state index in [2.05, 4.69) is 9.78 Å². The lowest BCUT2D eigenvalue weighted by Crippen LogP contribution is -2.18. The fourth-order valence-electron chi connectivity index (χ4n) is 2.39. The van der Waals surface area contributed by atoms with Crippen molar-refractivity contribution in [3.63, 3.8) is 0 Å². The Kier molecular flexibility index (Phi) is 2.47. The van der Waals surface area contributed by atoms with E-state index in [0.29, 0.717) is 5.30 Å². The smallest absolute Gasteiger partial charge is 0.390 e. The average molecular weight is 334 g/mol. The number of fused-ring (bicyclic) bond motifs is 2. The summed E-state index contributed by atoms with van der Waals surface area (Å²) in [6.07, 6.45) is 0. The Balaban J connectivity index is 1.48. The van der Waals surface area contributed by atoms with Crippen LogP contribution in [0.1, 0.15) is 20.7 Å². The standard InChI is InChI=1S/C14H7O6PS/c15-8-4-2-1-3-6(8)13(17)19-20-14(18)7-5-9-11-12(10(7)16)21(9,11)22/h1-5,15-16H. The molecule has 5 rings (SSSR count). The second kappa shape index (κ2) is 4.09. The van der Waals surface area contributed by atoms with Gasteiger partial charge in [0, 0.05) is 22.0 Å². The summed E-state index contributed by atoms with van der Waals surface area (Å²) < 4.78 is 0. The molecule has 0 saturated carbocycles. The van der Waals surface area contributed by atoms with E-state index >= 15 is 0 Å². The summed E-state index contributed by atoms with van der Waals surface area (Å²) in [5.41, 5.74) is -0.208. The molecule has 0 spiro atoms. The molecule has 0 aromatic heterocycles. The molecule has 8 heteroatoms. The molecular formula is C14H7O6PS. The number of para-hydroxylation sites is 1. The normalized spacial score (nSPS) is 19.1. The van der Waals surface area contributed by atoms with Crippen molar-refractivity contribution in [2.24, 2.45) is 0 Å². The monoisotopic (exact) mass is 334 g/mol. The van der Waals surface area contributed by atoms with Crippen molar-refractivity contribution in [3.8, 4) is 11.5 Å². The van der Waals surface area contributed by atoms with Gasteiger partial charge in [-0.05, 0) is 18.2 Å². The molecule has 0 fully saturated rings. The molecule has 2 N–H and O–H groups in total. The molecule has 2 aromatic rings. The molecule has 2 bridgehead atoms. The summed E-state index contributed by atoms with van der Waals surface area (Å²) in [6.45, 7) is 0. The van der Waals surface area contributed by atoms with Crippen molar-refractivity contribution < 1.29 is 29.6 Å². The number of carbonyl (C=O) groups excluding carboxylic acids is 2. The van der Waals surface area contributed by atoms with Gasteiger partial charge in [-0.25, -0.2) is 19.4 Å². The highest BCUT2D eigenvalue weighted by Crippen LogP contribution is 2.69. The van der Waals surface area contributed by atoms with Crippen LogP contribution in [0.4, 0.5) is 0 Å². The summed E-state index contributed by atoms with van der Waals surface area (Å²) in [5.74, 6) is -2.48. The van der Waals surface area contributed by atoms with E-state index in [1.165, 1.54) is 30.3 Å². The summed E-state index contributed by atoms with van der Waals surface area (Å²) in [6, 6.07) is 5.47. The topological polar surface area (TPSA) is 93.1 Å².